The van der Waals surface area contributed by atoms with E-state index >= 15 is 0 Å². The molecule has 3 rings (SSSR count). The molecule has 2 aromatic rings. The maximum atomic E-state index is 12.6. The van der Waals surface area contributed by atoms with Gasteiger partial charge >= 0.3 is 5.69 Å². The third-order valence-electron chi connectivity index (χ3n) is 5.39. The summed E-state index contributed by atoms with van der Waals surface area (Å²) in [6.45, 7) is 5.90. The summed E-state index contributed by atoms with van der Waals surface area (Å²) in [6, 6.07) is 5.74. The van der Waals surface area contributed by atoms with Gasteiger partial charge < -0.3 is 14.9 Å². The van der Waals surface area contributed by atoms with Crippen molar-refractivity contribution in [1.82, 2.24) is 9.55 Å². The molecule has 1 heterocycles. The lowest BCUT2D eigenvalue weighted by atomic mass is 9.97. The fraction of sp³-hybridized carbons (Fsp3) is 0.455. The highest BCUT2D eigenvalue weighted by molar-refractivity contribution is 5.37. The first-order chi connectivity index (χ1) is 13.9. The molecule has 0 spiro atoms. The van der Waals surface area contributed by atoms with E-state index in [1.165, 1.54) is 4.57 Å². The molecule has 2 unspecified atom stereocenters. The van der Waals surface area contributed by atoms with Crippen LogP contribution in [0.1, 0.15) is 30.0 Å². The summed E-state index contributed by atoms with van der Waals surface area (Å²) in [5.41, 5.74) is 2.37. The molecule has 0 aliphatic heterocycles. The number of aromatic amines is 1. The van der Waals surface area contributed by atoms with Crippen molar-refractivity contribution in [2.24, 2.45) is 11.8 Å². The molecule has 0 amide bonds. The van der Waals surface area contributed by atoms with Crippen LogP contribution in [0.15, 0.2) is 39.4 Å². The number of nitrogens with one attached hydrogen (secondary N) is 1. The Morgan fingerprint density at radius 3 is 2.38 bits per heavy atom. The van der Waals surface area contributed by atoms with E-state index in [0.29, 0.717) is 24.2 Å². The van der Waals surface area contributed by atoms with Crippen LogP contribution in [-0.2, 0) is 13.0 Å². The van der Waals surface area contributed by atoms with Crippen molar-refractivity contribution in [3.63, 3.8) is 0 Å². The average Bonchev–Trinajstić information content (AvgIpc) is 3.06. The highest BCUT2D eigenvalue weighted by Crippen LogP contribution is 2.32. The third-order valence-corrected chi connectivity index (χ3v) is 5.39. The van der Waals surface area contributed by atoms with Crippen molar-refractivity contribution in [3.8, 4) is 11.6 Å². The van der Waals surface area contributed by atoms with Gasteiger partial charge in [0.2, 0.25) is 5.88 Å². The molecule has 156 valence electrons. The lowest BCUT2D eigenvalue weighted by molar-refractivity contribution is 0.154. The molecule has 1 aliphatic carbocycles. The van der Waals surface area contributed by atoms with Crippen LogP contribution >= 0.6 is 0 Å². The Labute approximate surface area is 169 Å². The van der Waals surface area contributed by atoms with E-state index in [2.05, 4.69) is 4.98 Å². The second-order valence-electron chi connectivity index (χ2n) is 7.73. The number of ether oxygens (including phenoxy) is 1. The number of benzene rings is 1. The van der Waals surface area contributed by atoms with E-state index in [1.54, 1.807) is 0 Å². The fourth-order valence-electron chi connectivity index (χ4n) is 3.98. The molecule has 1 aromatic heterocycles. The van der Waals surface area contributed by atoms with E-state index < -0.39 is 11.2 Å². The Bertz CT molecular complexity index is 1010. The number of H-pyrrole nitrogens is 1. The van der Waals surface area contributed by atoms with Crippen molar-refractivity contribution >= 4 is 0 Å². The zero-order valence-electron chi connectivity index (χ0n) is 17.1. The van der Waals surface area contributed by atoms with Gasteiger partial charge in [-0.15, -0.1) is 0 Å². The van der Waals surface area contributed by atoms with Gasteiger partial charge in [0.1, 0.15) is 5.75 Å². The summed E-state index contributed by atoms with van der Waals surface area (Å²) in [4.78, 5) is 27.4. The molecule has 7 heteroatoms. The summed E-state index contributed by atoms with van der Waals surface area (Å²) >= 11 is 0. The van der Waals surface area contributed by atoms with Gasteiger partial charge in [0, 0.05) is 19.1 Å². The largest absolute Gasteiger partial charge is 0.440 e. The number of aliphatic hydroxyl groups excluding tert-OH is 2. The SMILES string of the molecule is CCc1c(Oc2cc(C)cc(C)c2)n(CC2=CC(CO)C(CO)C2)c(=O)[nH]c1=O. The Balaban J connectivity index is 2.05. The first-order valence-electron chi connectivity index (χ1n) is 9.89. The van der Waals surface area contributed by atoms with E-state index in [9.17, 15) is 19.8 Å². The molecule has 2 atom stereocenters. The number of aromatic nitrogens is 2. The van der Waals surface area contributed by atoms with Gasteiger partial charge in [0.15, 0.2) is 0 Å². The van der Waals surface area contributed by atoms with Gasteiger partial charge in [-0.25, -0.2) is 4.79 Å². The third kappa shape index (κ3) is 4.52. The van der Waals surface area contributed by atoms with Crippen LogP contribution < -0.4 is 16.0 Å². The molecule has 0 radical (unpaired) electrons. The molecule has 0 fully saturated rings. The van der Waals surface area contributed by atoms with Crippen LogP contribution in [-0.4, -0.2) is 33.0 Å². The van der Waals surface area contributed by atoms with E-state index in [1.807, 2.05) is 45.0 Å². The second-order valence-corrected chi connectivity index (χ2v) is 7.73. The topological polar surface area (TPSA) is 105 Å². The van der Waals surface area contributed by atoms with Crippen LogP contribution in [0.5, 0.6) is 11.6 Å². The zero-order chi connectivity index (χ0) is 21.1. The number of aryl methyl sites for hydroxylation is 2. The number of hydrogen-bond acceptors (Lipinski definition) is 5. The molecule has 3 N–H and O–H groups in total. The summed E-state index contributed by atoms with van der Waals surface area (Å²) in [6.07, 6.45) is 2.90. The van der Waals surface area contributed by atoms with E-state index in [0.717, 1.165) is 16.7 Å². The van der Waals surface area contributed by atoms with Crippen molar-refractivity contribution in [2.45, 2.75) is 40.2 Å². The summed E-state index contributed by atoms with van der Waals surface area (Å²) < 4.78 is 7.52. The van der Waals surface area contributed by atoms with E-state index in [4.69, 9.17) is 4.74 Å². The minimum Gasteiger partial charge on any atom is -0.440 e. The van der Waals surface area contributed by atoms with Crippen molar-refractivity contribution in [2.75, 3.05) is 13.2 Å². The minimum absolute atomic E-state index is 0.0299. The number of nitrogens with zero attached hydrogens (tertiary/aromatic N) is 1. The maximum absolute atomic E-state index is 12.6. The first-order valence-corrected chi connectivity index (χ1v) is 9.89. The van der Waals surface area contributed by atoms with Gasteiger partial charge in [0.05, 0.1) is 12.1 Å². The number of rotatable bonds is 7. The molecule has 0 bridgehead atoms. The van der Waals surface area contributed by atoms with Crippen LogP contribution in [0.25, 0.3) is 0 Å². The number of allylic oxidation sites excluding steroid dienone is 1. The normalized spacial score (nSPS) is 18.7. The minimum atomic E-state index is -0.541. The Morgan fingerprint density at radius 1 is 1.14 bits per heavy atom. The zero-order valence-corrected chi connectivity index (χ0v) is 17.1. The van der Waals surface area contributed by atoms with Gasteiger partial charge in [-0.05, 0) is 55.9 Å². The van der Waals surface area contributed by atoms with Gasteiger partial charge in [-0.2, -0.15) is 0 Å². The predicted molar refractivity (Wildman–Crippen MR) is 111 cm³/mol. The molecule has 1 aromatic carbocycles. The van der Waals surface area contributed by atoms with E-state index in [-0.39, 0.29) is 37.5 Å². The summed E-state index contributed by atoms with van der Waals surface area (Å²) in [5, 5.41) is 19.1. The Hall–Kier alpha value is -2.64. The van der Waals surface area contributed by atoms with Gasteiger partial charge in [0.25, 0.3) is 5.56 Å². The molecule has 7 nitrogen and oxygen atoms in total. The van der Waals surface area contributed by atoms with Crippen LogP contribution in [0.3, 0.4) is 0 Å². The van der Waals surface area contributed by atoms with Crippen molar-refractivity contribution < 1.29 is 14.9 Å². The smallest absolute Gasteiger partial charge is 0.331 e. The Kier molecular flexibility index (Phi) is 6.39. The second kappa shape index (κ2) is 8.80. The highest BCUT2D eigenvalue weighted by atomic mass is 16.5. The van der Waals surface area contributed by atoms with Crippen LogP contribution in [0.4, 0.5) is 0 Å². The molecule has 1 aliphatic rings. The monoisotopic (exact) mass is 400 g/mol. The first kappa shape index (κ1) is 21.1. The van der Waals surface area contributed by atoms with Crippen molar-refractivity contribution in [3.05, 3.63) is 67.4 Å². The van der Waals surface area contributed by atoms with Gasteiger partial charge in [-0.3, -0.25) is 14.3 Å². The average molecular weight is 400 g/mol. The Morgan fingerprint density at radius 2 is 1.83 bits per heavy atom. The van der Waals surface area contributed by atoms with Crippen LogP contribution in [0, 0.1) is 25.7 Å². The predicted octanol–water partition coefficient (Wildman–Crippen LogP) is 2.06. The number of aliphatic hydroxyl groups is 2. The number of hydrogen-bond donors (Lipinski definition) is 3. The molecule has 0 saturated carbocycles. The summed E-state index contributed by atoms with van der Waals surface area (Å²) in [5.74, 6) is 0.601. The molecular weight excluding hydrogens is 372 g/mol. The quantitative estimate of drug-likeness (QED) is 0.617. The molecule has 0 saturated heterocycles. The standard InChI is InChI=1S/C22H28N2O5/c1-4-19-20(27)23-22(28)24(10-15-8-16(11-25)17(9-15)12-26)21(19)29-18-6-13(2)5-14(3)7-18/h5-8,16-17,25-26H,4,9-12H2,1-3H3,(H,23,27,28). The lowest BCUT2D eigenvalue weighted by Gasteiger charge is -2.17. The lowest BCUT2D eigenvalue weighted by Crippen LogP contribution is -2.33. The van der Waals surface area contributed by atoms with Gasteiger partial charge in [-0.1, -0.05) is 24.6 Å². The highest BCUT2D eigenvalue weighted by Gasteiger charge is 2.27. The maximum Gasteiger partial charge on any atom is 0.331 e. The molecular formula is C22H28N2O5. The summed E-state index contributed by atoms with van der Waals surface area (Å²) in [7, 11) is 0. The fourth-order valence-corrected chi connectivity index (χ4v) is 3.98. The van der Waals surface area contributed by atoms with Crippen LogP contribution in [0.2, 0.25) is 0 Å². The van der Waals surface area contributed by atoms with Crippen molar-refractivity contribution in [1.29, 1.82) is 0 Å². The molecule has 29 heavy (non-hydrogen) atoms.